The van der Waals surface area contributed by atoms with Crippen LogP contribution in [0.5, 0.6) is 0 Å². The smallest absolute Gasteiger partial charge is 0.299 e. The number of nitrogens with zero attached hydrogens (tertiary/aromatic N) is 6. The van der Waals surface area contributed by atoms with Crippen molar-refractivity contribution in [3.63, 3.8) is 0 Å². The van der Waals surface area contributed by atoms with Crippen LogP contribution in [-0.2, 0) is 19.5 Å². The van der Waals surface area contributed by atoms with E-state index in [0.717, 1.165) is 59.8 Å². The monoisotopic (exact) mass is 471 g/mol. The highest BCUT2D eigenvalue weighted by atomic mass is 16.1. The van der Waals surface area contributed by atoms with Gasteiger partial charge in [0.2, 0.25) is 0 Å². The van der Waals surface area contributed by atoms with Gasteiger partial charge in [-0.3, -0.25) is 14.1 Å². The van der Waals surface area contributed by atoms with Crippen molar-refractivity contribution in [3.05, 3.63) is 70.7 Å². The van der Waals surface area contributed by atoms with Gasteiger partial charge in [0.25, 0.3) is 0 Å². The predicted molar refractivity (Wildman–Crippen MR) is 136 cm³/mol. The van der Waals surface area contributed by atoms with E-state index in [1.54, 1.807) is 0 Å². The molecule has 4 aromatic rings. The van der Waals surface area contributed by atoms with Crippen molar-refractivity contribution in [1.82, 2.24) is 34.7 Å². The van der Waals surface area contributed by atoms with Crippen LogP contribution in [0.15, 0.2) is 53.6 Å². The zero-order chi connectivity index (χ0) is 24.0. The summed E-state index contributed by atoms with van der Waals surface area (Å²) in [7, 11) is 0. The molecule has 1 aromatic carbocycles. The Hall–Kier alpha value is -3.55. The molecule has 0 atom stereocenters. The molecule has 35 heavy (non-hydrogen) atoms. The molecule has 0 amide bonds. The average Bonchev–Trinajstić information content (AvgIpc) is 3.54. The third kappa shape index (κ3) is 5.26. The van der Waals surface area contributed by atoms with E-state index < -0.39 is 0 Å². The maximum Gasteiger partial charge on any atom is 0.328 e. The average molecular weight is 472 g/mol. The number of pyridine rings is 1. The van der Waals surface area contributed by atoms with E-state index in [-0.39, 0.29) is 5.69 Å². The maximum atomic E-state index is 13.3. The molecule has 3 aromatic heterocycles. The number of aromatic amines is 1. The van der Waals surface area contributed by atoms with E-state index in [1.165, 1.54) is 32.1 Å². The Morgan fingerprint density at radius 1 is 1.06 bits per heavy atom. The van der Waals surface area contributed by atoms with Gasteiger partial charge in [0.15, 0.2) is 5.82 Å². The molecule has 0 bridgehead atoms. The maximum absolute atomic E-state index is 13.3. The first kappa shape index (κ1) is 23.2. The predicted octanol–water partition coefficient (Wildman–Crippen LogP) is 4.86. The van der Waals surface area contributed by atoms with Gasteiger partial charge in [-0.05, 0) is 40.8 Å². The van der Waals surface area contributed by atoms with Crippen LogP contribution in [0, 0.1) is 5.92 Å². The van der Waals surface area contributed by atoms with Gasteiger partial charge in [-0.2, -0.15) is 0 Å². The van der Waals surface area contributed by atoms with Crippen LogP contribution < -0.4 is 5.69 Å². The molecule has 182 valence electrons. The van der Waals surface area contributed by atoms with Gasteiger partial charge in [0.1, 0.15) is 0 Å². The Kier molecular flexibility index (Phi) is 7.16. The third-order valence-electron chi connectivity index (χ3n) is 7.12. The molecular weight excluding hydrogens is 438 g/mol. The highest BCUT2D eigenvalue weighted by molar-refractivity contribution is 5.79. The molecule has 1 fully saturated rings. The summed E-state index contributed by atoms with van der Waals surface area (Å²) in [5.74, 6) is 1.38. The van der Waals surface area contributed by atoms with Crippen LogP contribution in [-0.4, -0.2) is 34.7 Å². The van der Waals surface area contributed by atoms with Crippen LogP contribution in [0.4, 0.5) is 0 Å². The van der Waals surface area contributed by atoms with Crippen molar-refractivity contribution in [2.24, 2.45) is 5.92 Å². The molecule has 5 rings (SSSR count). The van der Waals surface area contributed by atoms with E-state index in [2.05, 4.69) is 39.8 Å². The Balaban J connectivity index is 1.35. The van der Waals surface area contributed by atoms with E-state index in [0.29, 0.717) is 12.4 Å². The number of rotatable bonds is 9. The fraction of sp³-hybridized carbons (Fsp3) is 0.444. The zero-order valence-corrected chi connectivity index (χ0v) is 20.4. The normalized spacial score (nSPS) is 14.4. The molecule has 0 radical (unpaired) electrons. The van der Waals surface area contributed by atoms with E-state index in [1.807, 2.05) is 45.7 Å². The summed E-state index contributed by atoms with van der Waals surface area (Å²) in [6, 6.07) is 12.0. The van der Waals surface area contributed by atoms with Gasteiger partial charge in [0.05, 0.1) is 12.2 Å². The summed E-state index contributed by atoms with van der Waals surface area (Å²) in [6.45, 7) is 3.45. The van der Waals surface area contributed by atoms with Gasteiger partial charge < -0.3 is 0 Å². The van der Waals surface area contributed by atoms with Crippen molar-refractivity contribution in [3.8, 4) is 22.5 Å². The minimum absolute atomic E-state index is 0.0818. The number of hydrogen-bond donors (Lipinski definition) is 1. The fourth-order valence-corrected chi connectivity index (χ4v) is 5.22. The lowest BCUT2D eigenvalue weighted by Gasteiger charge is -2.21. The summed E-state index contributed by atoms with van der Waals surface area (Å²) in [6.07, 6.45) is 13.6. The summed E-state index contributed by atoms with van der Waals surface area (Å²) < 4.78 is 3.83. The van der Waals surface area contributed by atoms with E-state index >= 15 is 0 Å². The number of aryl methyl sites for hydroxylation is 2. The lowest BCUT2D eigenvalue weighted by atomic mass is 9.87. The number of H-pyrrole nitrogens is 1. The first-order valence-electron chi connectivity index (χ1n) is 12.8. The second-order valence-electron chi connectivity index (χ2n) is 9.56. The second-order valence-corrected chi connectivity index (χ2v) is 9.56. The summed E-state index contributed by atoms with van der Waals surface area (Å²) in [5, 5.41) is 14.3. The largest absolute Gasteiger partial charge is 0.328 e. The first-order chi connectivity index (χ1) is 17.2. The van der Waals surface area contributed by atoms with Crippen molar-refractivity contribution in [1.29, 1.82) is 0 Å². The third-order valence-corrected chi connectivity index (χ3v) is 7.12. The quantitative estimate of drug-likeness (QED) is 0.376. The number of aromatic nitrogens is 7. The van der Waals surface area contributed by atoms with Gasteiger partial charge in [0, 0.05) is 35.8 Å². The molecule has 1 aliphatic rings. The van der Waals surface area contributed by atoms with Crippen LogP contribution in [0.1, 0.15) is 63.3 Å². The fourth-order valence-electron chi connectivity index (χ4n) is 5.22. The minimum atomic E-state index is 0.0818. The number of nitrogens with one attached hydrogen (secondary N) is 1. The minimum Gasteiger partial charge on any atom is -0.299 e. The zero-order valence-electron chi connectivity index (χ0n) is 20.4. The number of tetrazole rings is 1. The summed E-state index contributed by atoms with van der Waals surface area (Å²) in [4.78, 5) is 18.0. The van der Waals surface area contributed by atoms with Gasteiger partial charge in [-0.15, -0.1) is 5.10 Å². The highest BCUT2D eigenvalue weighted by Gasteiger charge is 2.17. The molecule has 0 saturated heterocycles. The summed E-state index contributed by atoms with van der Waals surface area (Å²) in [5.41, 5.74) is 4.95. The van der Waals surface area contributed by atoms with Crippen LogP contribution in [0.25, 0.3) is 22.5 Å². The van der Waals surface area contributed by atoms with Gasteiger partial charge in [-0.25, -0.2) is 9.89 Å². The van der Waals surface area contributed by atoms with Gasteiger partial charge >= 0.3 is 5.69 Å². The van der Waals surface area contributed by atoms with Crippen molar-refractivity contribution in [2.45, 2.75) is 71.4 Å². The molecule has 0 unspecified atom stereocenters. The number of hydrogen-bond acceptors (Lipinski definition) is 5. The Morgan fingerprint density at radius 2 is 1.89 bits per heavy atom. The summed E-state index contributed by atoms with van der Waals surface area (Å²) >= 11 is 0. The number of benzene rings is 1. The standard InChI is InChI=1S/C27H33N7O/c1-2-8-23-19-33(16-15-20-9-4-3-5-10-20)27(35)34(23)18-22-14-13-21(17-28-22)24-11-6-7-12-25(24)26-29-31-32-30-26/h6-7,11-14,17,19-20H,2-5,8-10,15-16,18H2,1H3,(H,29,30,31,32). The first-order valence-corrected chi connectivity index (χ1v) is 12.8. The molecular formula is C27H33N7O. The second kappa shape index (κ2) is 10.8. The Morgan fingerprint density at radius 3 is 2.60 bits per heavy atom. The van der Waals surface area contributed by atoms with Crippen molar-refractivity contribution < 1.29 is 0 Å². The van der Waals surface area contributed by atoms with Crippen LogP contribution in [0.3, 0.4) is 0 Å². The molecule has 8 heteroatoms. The van der Waals surface area contributed by atoms with Gasteiger partial charge in [-0.1, -0.05) is 75.8 Å². The topological polar surface area (TPSA) is 94.3 Å². The SMILES string of the molecule is CCCc1cn(CCC2CCCCC2)c(=O)n1Cc1ccc(-c2ccccc2-c2nnn[nH]2)cn1. The molecule has 0 spiro atoms. The molecule has 1 aliphatic carbocycles. The van der Waals surface area contributed by atoms with Crippen molar-refractivity contribution in [2.75, 3.05) is 0 Å². The molecule has 8 nitrogen and oxygen atoms in total. The highest BCUT2D eigenvalue weighted by Crippen LogP contribution is 2.29. The van der Waals surface area contributed by atoms with E-state index in [4.69, 9.17) is 4.98 Å². The van der Waals surface area contributed by atoms with Crippen LogP contribution in [0.2, 0.25) is 0 Å². The van der Waals surface area contributed by atoms with Crippen LogP contribution >= 0.6 is 0 Å². The van der Waals surface area contributed by atoms with Crippen molar-refractivity contribution >= 4 is 0 Å². The molecule has 3 heterocycles. The Labute approximate surface area is 205 Å². The Bertz CT molecular complexity index is 1280. The molecule has 0 aliphatic heterocycles. The lowest BCUT2D eigenvalue weighted by Crippen LogP contribution is -2.26. The molecule has 1 N–H and O–H groups in total. The molecule has 1 saturated carbocycles. The lowest BCUT2D eigenvalue weighted by molar-refractivity contribution is 0.322. The number of imidazole rings is 1. The van der Waals surface area contributed by atoms with E-state index in [9.17, 15) is 4.79 Å².